The monoisotopic (exact) mass is 404 g/mol. The molecule has 0 spiro atoms. The van der Waals surface area contributed by atoms with Gasteiger partial charge in [-0.1, -0.05) is 18.2 Å². The van der Waals surface area contributed by atoms with E-state index in [0.29, 0.717) is 40.0 Å². The van der Waals surface area contributed by atoms with Crippen molar-refractivity contribution in [3.63, 3.8) is 0 Å². The summed E-state index contributed by atoms with van der Waals surface area (Å²) in [7, 11) is 4.54. The van der Waals surface area contributed by atoms with Crippen molar-refractivity contribution >= 4 is 22.7 Å². The van der Waals surface area contributed by atoms with E-state index in [4.69, 9.17) is 18.6 Å². The van der Waals surface area contributed by atoms with Crippen LogP contribution in [0.3, 0.4) is 0 Å². The van der Waals surface area contributed by atoms with Crippen LogP contribution in [0.1, 0.15) is 10.4 Å². The molecule has 3 aromatic carbocycles. The molecule has 152 valence electrons. The number of amides is 1. The number of hydrogen-bond acceptors (Lipinski definition) is 6. The van der Waals surface area contributed by atoms with Crippen LogP contribution in [0.2, 0.25) is 0 Å². The lowest BCUT2D eigenvalue weighted by Gasteiger charge is -2.15. The number of nitrogens with zero attached hydrogens (tertiary/aromatic N) is 1. The number of carbonyl (C=O) groups is 1. The molecule has 0 atom stereocenters. The molecule has 0 aliphatic carbocycles. The third-order valence-corrected chi connectivity index (χ3v) is 4.64. The molecule has 0 unspecified atom stereocenters. The van der Waals surface area contributed by atoms with Crippen LogP contribution < -0.4 is 19.5 Å². The first-order chi connectivity index (χ1) is 14.6. The van der Waals surface area contributed by atoms with Gasteiger partial charge in [0, 0.05) is 5.56 Å². The number of anilines is 1. The van der Waals surface area contributed by atoms with Crippen molar-refractivity contribution in [3.8, 4) is 28.7 Å². The Bertz CT molecular complexity index is 1160. The maximum atomic E-state index is 13.1. The van der Waals surface area contributed by atoms with E-state index in [9.17, 15) is 4.79 Å². The van der Waals surface area contributed by atoms with Gasteiger partial charge in [0.05, 0.1) is 27.0 Å². The highest BCUT2D eigenvalue weighted by atomic mass is 16.5. The zero-order chi connectivity index (χ0) is 21.1. The van der Waals surface area contributed by atoms with E-state index in [1.807, 2.05) is 30.3 Å². The third kappa shape index (κ3) is 3.53. The minimum absolute atomic E-state index is 0.289. The molecule has 0 saturated heterocycles. The number of oxazole rings is 1. The van der Waals surface area contributed by atoms with Gasteiger partial charge in [0.1, 0.15) is 28.3 Å². The van der Waals surface area contributed by atoms with E-state index >= 15 is 0 Å². The van der Waals surface area contributed by atoms with E-state index in [2.05, 4.69) is 10.3 Å². The van der Waals surface area contributed by atoms with Gasteiger partial charge in [-0.05, 0) is 42.5 Å². The molecule has 1 amide bonds. The molecule has 0 bridgehead atoms. The van der Waals surface area contributed by atoms with Crippen molar-refractivity contribution < 1.29 is 23.4 Å². The Morgan fingerprint density at radius 1 is 0.867 bits per heavy atom. The summed E-state index contributed by atoms with van der Waals surface area (Å²) in [5, 5.41) is 2.88. The normalized spacial score (nSPS) is 10.6. The number of aromatic nitrogens is 1. The summed E-state index contributed by atoms with van der Waals surface area (Å²) >= 11 is 0. The second-order valence-electron chi connectivity index (χ2n) is 6.39. The van der Waals surface area contributed by atoms with Gasteiger partial charge in [0.2, 0.25) is 5.89 Å². The minimum atomic E-state index is -0.391. The molecule has 7 heteroatoms. The van der Waals surface area contributed by atoms with E-state index < -0.39 is 5.91 Å². The van der Waals surface area contributed by atoms with Gasteiger partial charge < -0.3 is 23.9 Å². The van der Waals surface area contributed by atoms with Crippen molar-refractivity contribution in [1.82, 2.24) is 4.98 Å². The van der Waals surface area contributed by atoms with Crippen LogP contribution in [0.25, 0.3) is 22.6 Å². The van der Waals surface area contributed by atoms with Crippen LogP contribution in [0.5, 0.6) is 17.2 Å². The highest BCUT2D eigenvalue weighted by Gasteiger charge is 2.20. The summed E-state index contributed by atoms with van der Waals surface area (Å²) in [4.78, 5) is 17.6. The molecule has 7 nitrogen and oxygen atoms in total. The first-order valence-corrected chi connectivity index (χ1v) is 9.21. The molecule has 1 N–H and O–H groups in total. The van der Waals surface area contributed by atoms with Crippen molar-refractivity contribution in [2.75, 3.05) is 26.6 Å². The first kappa shape index (κ1) is 19.3. The first-order valence-electron chi connectivity index (χ1n) is 9.21. The largest absolute Gasteiger partial charge is 0.496 e. The Kier molecular flexibility index (Phi) is 5.26. The van der Waals surface area contributed by atoms with Gasteiger partial charge in [0.25, 0.3) is 5.91 Å². The van der Waals surface area contributed by atoms with Crippen molar-refractivity contribution in [1.29, 1.82) is 0 Å². The lowest BCUT2D eigenvalue weighted by Crippen LogP contribution is -2.15. The van der Waals surface area contributed by atoms with E-state index in [1.165, 1.54) is 21.3 Å². The van der Waals surface area contributed by atoms with Crippen LogP contribution in [0, 0.1) is 0 Å². The molecule has 4 rings (SSSR count). The minimum Gasteiger partial charge on any atom is -0.496 e. The summed E-state index contributed by atoms with van der Waals surface area (Å²) in [5.74, 6) is 1.36. The van der Waals surface area contributed by atoms with E-state index in [-0.39, 0.29) is 5.56 Å². The van der Waals surface area contributed by atoms with Gasteiger partial charge in [-0.2, -0.15) is 0 Å². The number of benzene rings is 3. The number of methoxy groups -OCH3 is 3. The predicted molar refractivity (Wildman–Crippen MR) is 113 cm³/mol. The second-order valence-corrected chi connectivity index (χ2v) is 6.39. The van der Waals surface area contributed by atoms with Crippen LogP contribution in [-0.4, -0.2) is 32.2 Å². The fourth-order valence-corrected chi connectivity index (χ4v) is 3.19. The number of fused-ring (bicyclic) bond motifs is 1. The number of rotatable bonds is 6. The zero-order valence-electron chi connectivity index (χ0n) is 16.8. The average Bonchev–Trinajstić information content (AvgIpc) is 3.22. The quantitative estimate of drug-likeness (QED) is 0.498. The SMILES string of the molecule is COc1ccc(-c2nc3ccccc3o2)cc1NC(=O)c1c(OC)cccc1OC. The number of nitrogens with one attached hydrogen (secondary N) is 1. The number of para-hydroxylation sites is 2. The Balaban J connectivity index is 1.72. The third-order valence-electron chi connectivity index (χ3n) is 4.64. The summed E-state index contributed by atoms with van der Waals surface area (Å²) in [6, 6.07) is 18.0. The van der Waals surface area contributed by atoms with Gasteiger partial charge in [-0.3, -0.25) is 4.79 Å². The molecule has 0 aliphatic heterocycles. The maximum Gasteiger partial charge on any atom is 0.263 e. The van der Waals surface area contributed by atoms with Crippen LogP contribution in [0.4, 0.5) is 5.69 Å². The molecular formula is C23H20N2O5. The maximum absolute atomic E-state index is 13.1. The number of ether oxygens (including phenoxy) is 3. The summed E-state index contributed by atoms with van der Waals surface area (Å²) in [6.45, 7) is 0. The number of carbonyl (C=O) groups excluding carboxylic acids is 1. The highest BCUT2D eigenvalue weighted by molar-refractivity contribution is 6.09. The van der Waals surface area contributed by atoms with Gasteiger partial charge >= 0.3 is 0 Å². The highest BCUT2D eigenvalue weighted by Crippen LogP contribution is 2.34. The van der Waals surface area contributed by atoms with Gasteiger partial charge in [-0.15, -0.1) is 0 Å². The molecule has 0 aliphatic rings. The predicted octanol–water partition coefficient (Wildman–Crippen LogP) is 4.77. The van der Waals surface area contributed by atoms with Gasteiger partial charge in [0.15, 0.2) is 5.58 Å². The zero-order valence-corrected chi connectivity index (χ0v) is 16.8. The lowest BCUT2D eigenvalue weighted by molar-refractivity contribution is 0.102. The smallest absolute Gasteiger partial charge is 0.263 e. The van der Waals surface area contributed by atoms with Crippen LogP contribution in [0.15, 0.2) is 65.1 Å². The Morgan fingerprint density at radius 3 is 2.23 bits per heavy atom. The van der Waals surface area contributed by atoms with Gasteiger partial charge in [-0.25, -0.2) is 4.98 Å². The van der Waals surface area contributed by atoms with E-state index in [0.717, 1.165) is 5.52 Å². The molecule has 4 aromatic rings. The Labute approximate surface area is 173 Å². The van der Waals surface area contributed by atoms with Crippen molar-refractivity contribution in [2.24, 2.45) is 0 Å². The topological polar surface area (TPSA) is 82.8 Å². The fourth-order valence-electron chi connectivity index (χ4n) is 3.19. The Morgan fingerprint density at radius 2 is 1.57 bits per heavy atom. The average molecular weight is 404 g/mol. The number of hydrogen-bond donors (Lipinski definition) is 1. The molecule has 0 radical (unpaired) electrons. The molecular weight excluding hydrogens is 384 g/mol. The molecule has 1 heterocycles. The van der Waals surface area contributed by atoms with Crippen LogP contribution >= 0.6 is 0 Å². The molecule has 1 aromatic heterocycles. The molecule has 30 heavy (non-hydrogen) atoms. The standard InChI is InChI=1S/C23H20N2O5/c1-27-17-12-11-14(23-25-15-7-4-5-8-18(15)30-23)13-16(17)24-22(26)21-19(28-2)9-6-10-20(21)29-3/h4-13H,1-3H3,(H,24,26). The summed E-state index contributed by atoms with van der Waals surface area (Å²) < 4.78 is 21.9. The van der Waals surface area contributed by atoms with Crippen LogP contribution in [-0.2, 0) is 0 Å². The summed E-state index contributed by atoms with van der Waals surface area (Å²) in [6.07, 6.45) is 0. The second kappa shape index (κ2) is 8.16. The van der Waals surface area contributed by atoms with Crippen molar-refractivity contribution in [2.45, 2.75) is 0 Å². The Hall–Kier alpha value is -4.00. The molecule has 0 fully saturated rings. The summed E-state index contributed by atoms with van der Waals surface area (Å²) in [5.41, 5.74) is 2.90. The lowest BCUT2D eigenvalue weighted by atomic mass is 10.1. The van der Waals surface area contributed by atoms with E-state index in [1.54, 1.807) is 30.3 Å². The van der Waals surface area contributed by atoms with Crippen molar-refractivity contribution in [3.05, 3.63) is 66.2 Å². The fraction of sp³-hybridized carbons (Fsp3) is 0.130. The molecule has 0 saturated carbocycles.